The van der Waals surface area contributed by atoms with E-state index in [2.05, 4.69) is 17.1 Å². The highest BCUT2D eigenvalue weighted by atomic mass is 16.5. The smallest absolute Gasteiger partial charge is 0.234 e. The Morgan fingerprint density at radius 1 is 1.53 bits per heavy atom. The molecule has 1 aromatic heterocycles. The van der Waals surface area contributed by atoms with Crippen molar-refractivity contribution in [2.45, 2.75) is 50.5 Å². The second-order valence-electron chi connectivity index (χ2n) is 5.03. The molecule has 0 aromatic carbocycles. The van der Waals surface area contributed by atoms with E-state index in [0.29, 0.717) is 24.7 Å². The molecule has 96 valence electrons. The molecule has 2 rings (SSSR count). The number of nitrogens with zero attached hydrogens (tertiary/aromatic N) is 2. The van der Waals surface area contributed by atoms with Crippen molar-refractivity contribution in [2.24, 2.45) is 5.73 Å². The maximum atomic E-state index is 6.20. The van der Waals surface area contributed by atoms with Crippen LogP contribution in [0.2, 0.25) is 0 Å². The van der Waals surface area contributed by atoms with E-state index < -0.39 is 0 Å². The van der Waals surface area contributed by atoms with Crippen LogP contribution in [0, 0.1) is 0 Å². The van der Waals surface area contributed by atoms with Crippen molar-refractivity contribution in [1.82, 2.24) is 10.1 Å². The lowest BCUT2D eigenvalue weighted by molar-refractivity contribution is 0.197. The third-order valence-corrected chi connectivity index (χ3v) is 3.77. The van der Waals surface area contributed by atoms with Crippen molar-refractivity contribution in [3.05, 3.63) is 11.7 Å². The van der Waals surface area contributed by atoms with Gasteiger partial charge in [-0.3, -0.25) is 0 Å². The van der Waals surface area contributed by atoms with Crippen LogP contribution >= 0.6 is 0 Å². The van der Waals surface area contributed by atoms with Crippen LogP contribution in [0.4, 0.5) is 0 Å². The fourth-order valence-electron chi connectivity index (χ4n) is 2.41. The van der Waals surface area contributed by atoms with E-state index in [1.165, 1.54) is 12.8 Å². The predicted octanol–water partition coefficient (Wildman–Crippen LogP) is 1.42. The van der Waals surface area contributed by atoms with Crippen LogP contribution in [0.3, 0.4) is 0 Å². The van der Waals surface area contributed by atoms with Crippen molar-refractivity contribution in [3.63, 3.8) is 0 Å². The number of rotatable bonds is 4. The zero-order chi connectivity index (χ0) is 12.3. The summed E-state index contributed by atoms with van der Waals surface area (Å²) >= 11 is 0. The summed E-state index contributed by atoms with van der Waals surface area (Å²) in [6.07, 6.45) is 5.12. The first kappa shape index (κ1) is 12.5. The maximum Gasteiger partial charge on any atom is 0.234 e. The Hall–Kier alpha value is -0.940. The quantitative estimate of drug-likeness (QED) is 0.860. The topological polar surface area (TPSA) is 74.2 Å². The van der Waals surface area contributed by atoms with E-state index in [4.69, 9.17) is 15.0 Å². The molecule has 0 spiro atoms. The van der Waals surface area contributed by atoms with E-state index in [1.807, 2.05) is 0 Å². The monoisotopic (exact) mass is 239 g/mol. The summed E-state index contributed by atoms with van der Waals surface area (Å²) in [7, 11) is 1.67. The first-order valence-corrected chi connectivity index (χ1v) is 6.24. The van der Waals surface area contributed by atoms with Gasteiger partial charge in [0.1, 0.15) is 0 Å². The van der Waals surface area contributed by atoms with E-state index >= 15 is 0 Å². The third kappa shape index (κ3) is 2.50. The molecule has 1 saturated carbocycles. The summed E-state index contributed by atoms with van der Waals surface area (Å²) in [4.78, 5) is 4.46. The van der Waals surface area contributed by atoms with E-state index in [9.17, 15) is 0 Å². The Kier molecular flexibility index (Phi) is 3.79. The van der Waals surface area contributed by atoms with Crippen molar-refractivity contribution < 1.29 is 9.26 Å². The Bertz CT molecular complexity index is 366. The lowest BCUT2D eigenvalue weighted by atomic mass is 9.72. The van der Waals surface area contributed by atoms with Gasteiger partial charge in [-0.05, 0) is 19.8 Å². The lowest BCUT2D eigenvalue weighted by Gasteiger charge is -2.35. The predicted molar refractivity (Wildman–Crippen MR) is 63.7 cm³/mol. The van der Waals surface area contributed by atoms with Gasteiger partial charge in [0.05, 0.1) is 12.0 Å². The van der Waals surface area contributed by atoms with E-state index in [0.717, 1.165) is 12.8 Å². The van der Waals surface area contributed by atoms with Crippen LogP contribution in [0.5, 0.6) is 0 Å². The molecule has 0 amide bonds. The normalized spacial score (nSPS) is 29.5. The first-order valence-electron chi connectivity index (χ1n) is 6.24. The lowest BCUT2D eigenvalue weighted by Crippen LogP contribution is -2.45. The molecule has 5 nitrogen and oxygen atoms in total. The summed E-state index contributed by atoms with van der Waals surface area (Å²) in [6.45, 7) is 2.74. The molecule has 1 aliphatic carbocycles. The second kappa shape index (κ2) is 5.14. The summed E-state index contributed by atoms with van der Waals surface area (Å²) in [6, 6.07) is 0.118. The van der Waals surface area contributed by atoms with Crippen molar-refractivity contribution >= 4 is 0 Å². The van der Waals surface area contributed by atoms with Gasteiger partial charge in [-0.15, -0.1) is 0 Å². The zero-order valence-corrected chi connectivity index (χ0v) is 10.6. The van der Waals surface area contributed by atoms with Gasteiger partial charge in [-0.1, -0.05) is 18.0 Å². The molecular formula is C12H21N3O2. The van der Waals surface area contributed by atoms with Gasteiger partial charge in [-0.25, -0.2) is 0 Å². The molecule has 2 N–H and O–H groups in total. The Morgan fingerprint density at radius 3 is 3.06 bits per heavy atom. The minimum Gasteiger partial charge on any atom is -0.384 e. The zero-order valence-electron chi connectivity index (χ0n) is 10.6. The Balaban J connectivity index is 2.12. The molecule has 1 fully saturated rings. The number of nitrogens with two attached hydrogens (primary N) is 1. The minimum atomic E-state index is -0.156. The van der Waals surface area contributed by atoms with E-state index in [-0.39, 0.29) is 11.5 Å². The molecule has 0 saturated heterocycles. The Labute approximate surface area is 102 Å². The highest BCUT2D eigenvalue weighted by Crippen LogP contribution is 2.37. The third-order valence-electron chi connectivity index (χ3n) is 3.77. The van der Waals surface area contributed by atoms with E-state index in [1.54, 1.807) is 7.11 Å². The highest BCUT2D eigenvalue weighted by molar-refractivity contribution is 5.10. The SMILES string of the molecule is COCCc1noc(C2(C)CCCCC2N)n1. The van der Waals surface area contributed by atoms with Crippen LogP contribution in [0.15, 0.2) is 4.52 Å². The van der Waals surface area contributed by atoms with Gasteiger partial charge in [-0.2, -0.15) is 4.98 Å². The van der Waals surface area contributed by atoms with Gasteiger partial charge in [0.25, 0.3) is 0 Å². The summed E-state index contributed by atoms with van der Waals surface area (Å²) in [5.74, 6) is 1.40. The summed E-state index contributed by atoms with van der Waals surface area (Å²) < 4.78 is 10.4. The summed E-state index contributed by atoms with van der Waals surface area (Å²) in [5, 5.41) is 3.99. The maximum absolute atomic E-state index is 6.20. The molecule has 1 aliphatic rings. The van der Waals surface area contributed by atoms with Crippen LogP contribution in [-0.2, 0) is 16.6 Å². The molecule has 17 heavy (non-hydrogen) atoms. The fourth-order valence-corrected chi connectivity index (χ4v) is 2.41. The van der Waals surface area contributed by atoms with Crippen LogP contribution in [-0.4, -0.2) is 29.9 Å². The van der Waals surface area contributed by atoms with Gasteiger partial charge >= 0.3 is 0 Å². The molecule has 2 atom stereocenters. The molecule has 5 heteroatoms. The first-order chi connectivity index (χ1) is 8.16. The number of ether oxygens (including phenoxy) is 1. The largest absolute Gasteiger partial charge is 0.384 e. The van der Waals surface area contributed by atoms with Crippen molar-refractivity contribution in [3.8, 4) is 0 Å². The van der Waals surface area contributed by atoms with Crippen LogP contribution < -0.4 is 5.73 Å². The molecular weight excluding hydrogens is 218 g/mol. The molecule has 0 bridgehead atoms. The van der Waals surface area contributed by atoms with Gasteiger partial charge in [0.15, 0.2) is 5.82 Å². The number of hydrogen-bond acceptors (Lipinski definition) is 5. The number of aromatic nitrogens is 2. The fraction of sp³-hybridized carbons (Fsp3) is 0.833. The second-order valence-corrected chi connectivity index (χ2v) is 5.03. The van der Waals surface area contributed by atoms with Gasteiger partial charge < -0.3 is 15.0 Å². The standard InChI is InChI=1S/C12H21N3O2/c1-12(7-4-3-5-9(12)13)11-14-10(15-17-11)6-8-16-2/h9H,3-8,13H2,1-2H3. The molecule has 1 aromatic rings. The minimum absolute atomic E-state index is 0.118. The molecule has 0 radical (unpaired) electrons. The molecule has 2 unspecified atom stereocenters. The average molecular weight is 239 g/mol. The van der Waals surface area contributed by atoms with Crippen LogP contribution in [0.25, 0.3) is 0 Å². The summed E-state index contributed by atoms with van der Waals surface area (Å²) in [5.41, 5.74) is 6.05. The average Bonchev–Trinajstić information content (AvgIpc) is 2.80. The van der Waals surface area contributed by atoms with Crippen LogP contribution in [0.1, 0.15) is 44.3 Å². The number of methoxy groups -OCH3 is 1. The number of hydrogen-bond donors (Lipinski definition) is 1. The molecule has 0 aliphatic heterocycles. The van der Waals surface area contributed by atoms with Gasteiger partial charge in [0, 0.05) is 19.6 Å². The van der Waals surface area contributed by atoms with Gasteiger partial charge in [0.2, 0.25) is 5.89 Å². The highest BCUT2D eigenvalue weighted by Gasteiger charge is 2.40. The Morgan fingerprint density at radius 2 is 2.35 bits per heavy atom. The van der Waals surface area contributed by atoms with Crippen molar-refractivity contribution in [2.75, 3.05) is 13.7 Å². The van der Waals surface area contributed by atoms with Crippen molar-refractivity contribution in [1.29, 1.82) is 0 Å². The molecule has 1 heterocycles.